The highest BCUT2D eigenvalue weighted by Gasteiger charge is 2.19. The number of hydrogen-bond acceptors (Lipinski definition) is 2. The zero-order valence-corrected chi connectivity index (χ0v) is 11.1. The second-order valence-electron chi connectivity index (χ2n) is 4.44. The molecule has 0 radical (unpaired) electrons. The predicted octanol–water partition coefficient (Wildman–Crippen LogP) is 3.18. The van der Waals surface area contributed by atoms with Gasteiger partial charge in [0.25, 0.3) is 0 Å². The Morgan fingerprint density at radius 3 is 2.65 bits per heavy atom. The Balaban J connectivity index is 2.84. The highest BCUT2D eigenvalue weighted by molar-refractivity contribution is 5.33. The average Bonchev–Trinajstić information content (AvgIpc) is 2.35. The number of halogens is 1. The quantitative estimate of drug-likeness (QED) is 0.823. The summed E-state index contributed by atoms with van der Waals surface area (Å²) in [5.74, 6) is 0.650. The molecule has 0 amide bonds. The van der Waals surface area contributed by atoms with Crippen LogP contribution < -0.4 is 10.1 Å². The highest BCUT2D eigenvalue weighted by atomic mass is 19.1. The van der Waals surface area contributed by atoms with Crippen molar-refractivity contribution in [2.75, 3.05) is 20.2 Å². The van der Waals surface area contributed by atoms with Crippen molar-refractivity contribution in [2.24, 2.45) is 5.92 Å². The van der Waals surface area contributed by atoms with E-state index in [1.165, 1.54) is 7.11 Å². The lowest BCUT2D eigenvalue weighted by molar-refractivity contribution is 0.375. The van der Waals surface area contributed by atoms with Gasteiger partial charge in [-0.1, -0.05) is 32.9 Å². The Labute approximate surface area is 103 Å². The molecule has 0 aromatic heterocycles. The Morgan fingerprint density at radius 2 is 2.06 bits per heavy atom. The maximum Gasteiger partial charge on any atom is 0.168 e. The van der Waals surface area contributed by atoms with Gasteiger partial charge in [-0.15, -0.1) is 0 Å². The van der Waals surface area contributed by atoms with Crippen molar-refractivity contribution < 1.29 is 9.13 Å². The fraction of sp³-hybridized carbons (Fsp3) is 0.571. The van der Waals surface area contributed by atoms with Crippen LogP contribution in [0.4, 0.5) is 4.39 Å². The van der Waals surface area contributed by atoms with Gasteiger partial charge < -0.3 is 10.1 Å². The van der Waals surface area contributed by atoms with Crippen LogP contribution in [0.3, 0.4) is 0 Å². The molecule has 0 aliphatic carbocycles. The van der Waals surface area contributed by atoms with Crippen molar-refractivity contribution in [3.8, 4) is 5.75 Å². The van der Waals surface area contributed by atoms with E-state index in [0.717, 1.165) is 18.7 Å². The van der Waals surface area contributed by atoms with E-state index in [0.29, 0.717) is 11.7 Å². The molecular weight excluding hydrogens is 217 g/mol. The summed E-state index contributed by atoms with van der Waals surface area (Å²) in [6.07, 6.45) is 0. The van der Waals surface area contributed by atoms with Crippen LogP contribution in [0, 0.1) is 11.7 Å². The first-order valence-electron chi connectivity index (χ1n) is 6.14. The van der Waals surface area contributed by atoms with Crippen LogP contribution in [0.25, 0.3) is 0 Å². The zero-order chi connectivity index (χ0) is 12.8. The molecule has 2 atom stereocenters. The van der Waals surface area contributed by atoms with Gasteiger partial charge in [0.15, 0.2) is 11.6 Å². The SMILES string of the molecule is CCNCC(C)C(C)c1cccc(OC)c1F. The van der Waals surface area contributed by atoms with Gasteiger partial charge in [0.2, 0.25) is 0 Å². The van der Waals surface area contributed by atoms with E-state index in [1.807, 2.05) is 12.1 Å². The number of hydrogen-bond donors (Lipinski definition) is 1. The summed E-state index contributed by atoms with van der Waals surface area (Å²) in [5, 5.41) is 3.29. The molecule has 0 aliphatic heterocycles. The third-order valence-corrected chi connectivity index (χ3v) is 3.27. The standard InChI is InChI=1S/C14H22FNO/c1-5-16-9-10(2)11(3)12-7-6-8-13(17-4)14(12)15/h6-8,10-11,16H,5,9H2,1-4H3. The smallest absolute Gasteiger partial charge is 0.168 e. The Bertz CT molecular complexity index is 354. The second-order valence-corrected chi connectivity index (χ2v) is 4.44. The molecule has 1 rings (SSSR count). The van der Waals surface area contributed by atoms with E-state index in [4.69, 9.17) is 4.74 Å². The minimum Gasteiger partial charge on any atom is -0.494 e. The summed E-state index contributed by atoms with van der Waals surface area (Å²) in [4.78, 5) is 0. The van der Waals surface area contributed by atoms with Gasteiger partial charge in [-0.3, -0.25) is 0 Å². The minimum absolute atomic E-state index is 0.171. The van der Waals surface area contributed by atoms with Gasteiger partial charge in [-0.05, 0) is 36.6 Å². The van der Waals surface area contributed by atoms with E-state index in [9.17, 15) is 4.39 Å². The fourth-order valence-electron chi connectivity index (χ4n) is 1.89. The molecule has 2 unspecified atom stereocenters. The van der Waals surface area contributed by atoms with Gasteiger partial charge in [0.05, 0.1) is 7.11 Å². The molecule has 1 N–H and O–H groups in total. The van der Waals surface area contributed by atoms with E-state index < -0.39 is 0 Å². The maximum atomic E-state index is 14.1. The zero-order valence-electron chi connectivity index (χ0n) is 11.1. The summed E-state index contributed by atoms with van der Waals surface area (Å²) >= 11 is 0. The predicted molar refractivity (Wildman–Crippen MR) is 69.1 cm³/mol. The topological polar surface area (TPSA) is 21.3 Å². The van der Waals surface area contributed by atoms with E-state index >= 15 is 0 Å². The summed E-state index contributed by atoms with van der Waals surface area (Å²) in [6.45, 7) is 8.10. The first kappa shape index (κ1) is 14.0. The molecule has 96 valence electrons. The Morgan fingerprint density at radius 1 is 1.35 bits per heavy atom. The molecule has 0 saturated carbocycles. The number of benzene rings is 1. The molecule has 1 aromatic carbocycles. The van der Waals surface area contributed by atoms with Crippen LogP contribution in [0.15, 0.2) is 18.2 Å². The third-order valence-electron chi connectivity index (χ3n) is 3.27. The van der Waals surface area contributed by atoms with Crippen LogP contribution in [0.2, 0.25) is 0 Å². The van der Waals surface area contributed by atoms with Crippen LogP contribution in [-0.2, 0) is 0 Å². The van der Waals surface area contributed by atoms with Gasteiger partial charge >= 0.3 is 0 Å². The summed E-state index contributed by atoms with van der Waals surface area (Å²) in [7, 11) is 1.49. The molecule has 0 bridgehead atoms. The van der Waals surface area contributed by atoms with Crippen LogP contribution in [0.1, 0.15) is 32.3 Å². The molecule has 2 nitrogen and oxygen atoms in total. The molecule has 0 heterocycles. The Kier molecular flexibility index (Phi) is 5.42. The lowest BCUT2D eigenvalue weighted by Crippen LogP contribution is -2.24. The number of nitrogens with one attached hydrogen (secondary N) is 1. The fourth-order valence-corrected chi connectivity index (χ4v) is 1.89. The molecule has 0 saturated heterocycles. The van der Waals surface area contributed by atoms with Crippen LogP contribution >= 0.6 is 0 Å². The molecule has 3 heteroatoms. The van der Waals surface area contributed by atoms with Crippen molar-refractivity contribution in [2.45, 2.75) is 26.7 Å². The number of ether oxygens (including phenoxy) is 1. The van der Waals surface area contributed by atoms with Crippen molar-refractivity contribution in [3.05, 3.63) is 29.6 Å². The molecule has 0 aliphatic rings. The summed E-state index contributed by atoms with van der Waals surface area (Å²) < 4.78 is 19.1. The first-order valence-corrected chi connectivity index (χ1v) is 6.14. The van der Waals surface area contributed by atoms with E-state index in [1.54, 1.807) is 6.07 Å². The molecule has 17 heavy (non-hydrogen) atoms. The van der Waals surface area contributed by atoms with Crippen molar-refractivity contribution >= 4 is 0 Å². The van der Waals surface area contributed by atoms with E-state index in [-0.39, 0.29) is 11.7 Å². The van der Waals surface area contributed by atoms with E-state index in [2.05, 4.69) is 26.1 Å². The van der Waals surface area contributed by atoms with Gasteiger partial charge in [0, 0.05) is 0 Å². The summed E-state index contributed by atoms with van der Waals surface area (Å²) in [5.41, 5.74) is 0.731. The average molecular weight is 239 g/mol. The van der Waals surface area contributed by atoms with Gasteiger partial charge in [-0.2, -0.15) is 0 Å². The van der Waals surface area contributed by atoms with Gasteiger partial charge in [0.1, 0.15) is 0 Å². The largest absolute Gasteiger partial charge is 0.494 e. The highest BCUT2D eigenvalue weighted by Crippen LogP contribution is 2.30. The van der Waals surface area contributed by atoms with Gasteiger partial charge in [-0.25, -0.2) is 4.39 Å². The van der Waals surface area contributed by atoms with Crippen molar-refractivity contribution in [1.82, 2.24) is 5.32 Å². The normalized spacial score (nSPS) is 14.4. The molecular formula is C14H22FNO. The lowest BCUT2D eigenvalue weighted by atomic mass is 9.88. The first-order chi connectivity index (χ1) is 8.11. The minimum atomic E-state index is -0.231. The second kappa shape index (κ2) is 6.60. The Hall–Kier alpha value is -1.09. The van der Waals surface area contributed by atoms with Crippen LogP contribution in [-0.4, -0.2) is 20.2 Å². The maximum absolute atomic E-state index is 14.1. The summed E-state index contributed by atoms with van der Waals surface area (Å²) in [6, 6.07) is 5.33. The monoisotopic (exact) mass is 239 g/mol. The molecule has 0 fully saturated rings. The van der Waals surface area contributed by atoms with Crippen molar-refractivity contribution in [3.63, 3.8) is 0 Å². The number of rotatable bonds is 6. The van der Waals surface area contributed by atoms with Crippen molar-refractivity contribution in [1.29, 1.82) is 0 Å². The third kappa shape index (κ3) is 3.43. The lowest BCUT2D eigenvalue weighted by Gasteiger charge is -2.21. The van der Waals surface area contributed by atoms with Crippen LogP contribution in [0.5, 0.6) is 5.75 Å². The number of methoxy groups -OCH3 is 1. The molecule has 1 aromatic rings. The molecule has 0 spiro atoms.